The van der Waals surface area contributed by atoms with Gasteiger partial charge in [0, 0.05) is 24.3 Å². The van der Waals surface area contributed by atoms with Gasteiger partial charge in [0.25, 0.3) is 5.91 Å². The zero-order valence-electron chi connectivity index (χ0n) is 13.1. The highest BCUT2D eigenvalue weighted by Crippen LogP contribution is 2.29. The highest BCUT2D eigenvalue weighted by molar-refractivity contribution is 5.94. The molecule has 1 amide bonds. The Hall–Kier alpha value is -1.46. The van der Waals surface area contributed by atoms with E-state index in [0.29, 0.717) is 23.7 Å². The van der Waals surface area contributed by atoms with E-state index in [1.165, 1.54) is 31.0 Å². The number of hydrogen-bond donors (Lipinski definition) is 2. The van der Waals surface area contributed by atoms with Gasteiger partial charge in [-0.05, 0) is 42.9 Å². The van der Waals surface area contributed by atoms with E-state index in [0.717, 1.165) is 0 Å². The molecule has 22 heavy (non-hydrogen) atoms. The van der Waals surface area contributed by atoms with E-state index in [4.69, 9.17) is 4.74 Å². The molecule has 0 aliphatic heterocycles. The first kappa shape index (κ1) is 16.9. The lowest BCUT2D eigenvalue weighted by atomic mass is 10.1. The lowest BCUT2D eigenvalue weighted by molar-refractivity contribution is 0.0870. The Labute approximate surface area is 130 Å². The highest BCUT2D eigenvalue weighted by atomic mass is 19.1. The Balaban J connectivity index is 1.90. The van der Waals surface area contributed by atoms with Crippen molar-refractivity contribution in [1.82, 2.24) is 5.32 Å². The highest BCUT2D eigenvalue weighted by Gasteiger charge is 2.21. The summed E-state index contributed by atoms with van der Waals surface area (Å²) in [6, 6.07) is 4.24. The lowest BCUT2D eigenvalue weighted by Crippen LogP contribution is -2.34. The number of halogens is 1. The average Bonchev–Trinajstić information content (AvgIpc) is 3.30. The first-order chi connectivity index (χ1) is 10.5. The van der Waals surface area contributed by atoms with Gasteiger partial charge < -0.3 is 15.2 Å². The maximum atomic E-state index is 13.7. The molecule has 0 spiro atoms. The van der Waals surface area contributed by atoms with Crippen LogP contribution in [-0.4, -0.2) is 30.3 Å². The van der Waals surface area contributed by atoms with Gasteiger partial charge in [0.1, 0.15) is 5.82 Å². The van der Waals surface area contributed by atoms with E-state index in [1.807, 2.05) is 13.8 Å². The monoisotopic (exact) mass is 309 g/mol. The predicted molar refractivity (Wildman–Crippen MR) is 82.0 cm³/mol. The SMILES string of the molecule is CC(C)C(O)CNC(=O)c1ccc(F)c(COCC2CC2)c1. The number of nitrogens with one attached hydrogen (secondary N) is 1. The second-order valence-corrected chi connectivity index (χ2v) is 6.29. The fourth-order valence-corrected chi connectivity index (χ4v) is 1.98. The van der Waals surface area contributed by atoms with Crippen LogP contribution in [0.2, 0.25) is 0 Å². The Morgan fingerprint density at radius 2 is 2.18 bits per heavy atom. The molecule has 0 saturated heterocycles. The summed E-state index contributed by atoms with van der Waals surface area (Å²) in [5.41, 5.74) is 0.764. The number of benzene rings is 1. The molecule has 0 heterocycles. The van der Waals surface area contributed by atoms with Crippen molar-refractivity contribution in [3.8, 4) is 0 Å². The van der Waals surface area contributed by atoms with E-state index < -0.39 is 6.10 Å². The molecule has 1 aliphatic rings. The van der Waals surface area contributed by atoms with Gasteiger partial charge in [-0.1, -0.05) is 13.8 Å². The molecular formula is C17H24FNO3. The summed E-state index contributed by atoms with van der Waals surface area (Å²) in [5, 5.41) is 12.4. The van der Waals surface area contributed by atoms with Crippen molar-refractivity contribution >= 4 is 5.91 Å². The van der Waals surface area contributed by atoms with Crippen LogP contribution in [0.25, 0.3) is 0 Å². The van der Waals surface area contributed by atoms with Gasteiger partial charge in [-0.15, -0.1) is 0 Å². The van der Waals surface area contributed by atoms with Crippen LogP contribution in [0.1, 0.15) is 42.6 Å². The summed E-state index contributed by atoms with van der Waals surface area (Å²) < 4.78 is 19.2. The first-order valence-corrected chi connectivity index (χ1v) is 7.79. The third kappa shape index (κ3) is 5.07. The first-order valence-electron chi connectivity index (χ1n) is 7.79. The topological polar surface area (TPSA) is 58.6 Å². The van der Waals surface area contributed by atoms with Crippen LogP contribution in [0.5, 0.6) is 0 Å². The van der Waals surface area contributed by atoms with Crippen molar-refractivity contribution in [2.75, 3.05) is 13.2 Å². The van der Waals surface area contributed by atoms with Crippen molar-refractivity contribution in [2.24, 2.45) is 11.8 Å². The van der Waals surface area contributed by atoms with Crippen LogP contribution < -0.4 is 5.32 Å². The molecule has 0 radical (unpaired) electrons. The zero-order valence-corrected chi connectivity index (χ0v) is 13.1. The molecule has 0 aromatic heterocycles. The number of rotatable bonds is 8. The average molecular weight is 309 g/mol. The van der Waals surface area contributed by atoms with E-state index >= 15 is 0 Å². The number of carbonyl (C=O) groups excluding carboxylic acids is 1. The summed E-state index contributed by atoms with van der Waals surface area (Å²) in [4.78, 5) is 12.0. The van der Waals surface area contributed by atoms with Gasteiger partial charge in [0.15, 0.2) is 0 Å². The van der Waals surface area contributed by atoms with Gasteiger partial charge in [-0.25, -0.2) is 4.39 Å². The molecule has 2 rings (SSSR count). The number of carbonyl (C=O) groups is 1. The Bertz CT molecular complexity index is 515. The molecule has 4 nitrogen and oxygen atoms in total. The predicted octanol–water partition coefficient (Wildman–Crippen LogP) is 2.50. The molecule has 1 unspecified atom stereocenters. The summed E-state index contributed by atoms with van der Waals surface area (Å²) in [5.74, 6) is 0.00433. The van der Waals surface area contributed by atoms with Crippen LogP contribution in [0.15, 0.2) is 18.2 Å². The molecule has 1 aromatic rings. The van der Waals surface area contributed by atoms with E-state index in [-0.39, 0.29) is 30.8 Å². The third-order valence-electron chi connectivity index (χ3n) is 3.86. The van der Waals surface area contributed by atoms with Gasteiger partial charge in [-0.3, -0.25) is 4.79 Å². The minimum absolute atomic E-state index is 0.0694. The van der Waals surface area contributed by atoms with E-state index in [9.17, 15) is 14.3 Å². The third-order valence-corrected chi connectivity index (χ3v) is 3.86. The van der Waals surface area contributed by atoms with Crippen molar-refractivity contribution < 1.29 is 19.0 Å². The second-order valence-electron chi connectivity index (χ2n) is 6.29. The van der Waals surface area contributed by atoms with E-state index in [2.05, 4.69) is 5.32 Å². The minimum atomic E-state index is -0.592. The number of hydrogen-bond acceptors (Lipinski definition) is 3. The fourth-order valence-electron chi connectivity index (χ4n) is 1.98. The number of amides is 1. The van der Waals surface area contributed by atoms with Crippen molar-refractivity contribution in [3.63, 3.8) is 0 Å². The summed E-state index contributed by atoms with van der Waals surface area (Å²) >= 11 is 0. The molecule has 1 atom stereocenters. The lowest BCUT2D eigenvalue weighted by Gasteiger charge is -2.15. The maximum absolute atomic E-state index is 13.7. The fraction of sp³-hybridized carbons (Fsp3) is 0.588. The summed E-state index contributed by atoms with van der Waals surface area (Å²) in [7, 11) is 0. The number of aliphatic hydroxyl groups is 1. The summed E-state index contributed by atoms with van der Waals surface area (Å²) in [6.07, 6.45) is 1.78. The minimum Gasteiger partial charge on any atom is -0.391 e. The largest absolute Gasteiger partial charge is 0.391 e. The number of ether oxygens (including phenoxy) is 1. The molecule has 122 valence electrons. The van der Waals surface area contributed by atoms with Gasteiger partial charge in [0.2, 0.25) is 0 Å². The Kier molecular flexibility index (Phi) is 5.91. The molecule has 0 bridgehead atoms. The van der Waals surface area contributed by atoms with Crippen molar-refractivity contribution in [3.05, 3.63) is 35.1 Å². The quantitative estimate of drug-likeness (QED) is 0.776. The van der Waals surface area contributed by atoms with Crippen LogP contribution in [0.4, 0.5) is 4.39 Å². The molecule has 1 fully saturated rings. The van der Waals surface area contributed by atoms with Crippen molar-refractivity contribution in [1.29, 1.82) is 0 Å². The standard InChI is InChI=1S/C17H24FNO3/c1-11(2)16(20)8-19-17(21)13-5-6-15(18)14(7-13)10-22-9-12-3-4-12/h5-7,11-12,16,20H,3-4,8-10H2,1-2H3,(H,19,21). The van der Waals surface area contributed by atoms with Crippen LogP contribution in [0.3, 0.4) is 0 Å². The molecule has 1 aliphatic carbocycles. The van der Waals surface area contributed by atoms with Gasteiger partial charge in [-0.2, -0.15) is 0 Å². The molecule has 2 N–H and O–H groups in total. The molecule has 1 aromatic carbocycles. The second kappa shape index (κ2) is 7.70. The Morgan fingerprint density at radius 3 is 2.82 bits per heavy atom. The van der Waals surface area contributed by atoms with Gasteiger partial charge in [0.05, 0.1) is 12.7 Å². The van der Waals surface area contributed by atoms with Crippen molar-refractivity contribution in [2.45, 2.75) is 39.4 Å². The zero-order chi connectivity index (χ0) is 16.1. The maximum Gasteiger partial charge on any atom is 0.251 e. The summed E-state index contributed by atoms with van der Waals surface area (Å²) in [6.45, 7) is 4.77. The Morgan fingerprint density at radius 1 is 1.45 bits per heavy atom. The van der Waals surface area contributed by atoms with Crippen LogP contribution in [0, 0.1) is 17.7 Å². The van der Waals surface area contributed by atoms with Crippen LogP contribution >= 0.6 is 0 Å². The molecule has 1 saturated carbocycles. The molecule has 5 heteroatoms. The number of aliphatic hydroxyl groups excluding tert-OH is 1. The van der Waals surface area contributed by atoms with Gasteiger partial charge >= 0.3 is 0 Å². The van der Waals surface area contributed by atoms with E-state index in [1.54, 1.807) is 0 Å². The normalized spacial score (nSPS) is 15.9. The smallest absolute Gasteiger partial charge is 0.251 e. The molecular weight excluding hydrogens is 285 g/mol. The van der Waals surface area contributed by atoms with Crippen LogP contribution in [-0.2, 0) is 11.3 Å².